The molecule has 0 atom stereocenters. The van der Waals surface area contributed by atoms with Gasteiger partial charge in [-0.15, -0.1) is 0 Å². The molecule has 0 saturated carbocycles. The van der Waals surface area contributed by atoms with Crippen LogP contribution in [0.3, 0.4) is 0 Å². The molecule has 0 spiro atoms. The number of benzene rings is 2. The molecule has 1 aliphatic rings. The van der Waals surface area contributed by atoms with Crippen molar-refractivity contribution in [1.29, 1.82) is 0 Å². The minimum atomic E-state index is -0.749. The molecule has 10 heteroatoms. The minimum Gasteiger partial charge on any atom is -0.495 e. The van der Waals surface area contributed by atoms with Crippen molar-refractivity contribution in [2.75, 3.05) is 37.4 Å². The number of primary amides is 1. The molecule has 9 nitrogen and oxygen atoms in total. The number of methoxy groups -OCH3 is 1. The third-order valence-electron chi connectivity index (χ3n) is 6.50. The zero-order chi connectivity index (χ0) is 26.6. The first-order chi connectivity index (χ1) is 18.4. The van der Waals surface area contributed by atoms with Crippen LogP contribution in [0.5, 0.6) is 5.75 Å². The summed E-state index contributed by atoms with van der Waals surface area (Å²) in [7, 11) is 1.62. The first-order valence-corrected chi connectivity index (χ1v) is 12.5. The molecule has 4 aromatic rings. The highest BCUT2D eigenvalue weighted by Gasteiger charge is 2.17. The van der Waals surface area contributed by atoms with E-state index in [-0.39, 0.29) is 5.56 Å². The van der Waals surface area contributed by atoms with Crippen molar-refractivity contribution in [3.05, 3.63) is 71.7 Å². The number of aromatic amines is 1. The van der Waals surface area contributed by atoms with Gasteiger partial charge in [-0.05, 0) is 66.9 Å². The van der Waals surface area contributed by atoms with Gasteiger partial charge in [-0.1, -0.05) is 19.1 Å². The van der Waals surface area contributed by atoms with Gasteiger partial charge in [0.05, 0.1) is 29.4 Å². The van der Waals surface area contributed by atoms with Crippen molar-refractivity contribution in [3.63, 3.8) is 0 Å². The van der Waals surface area contributed by atoms with Crippen molar-refractivity contribution in [2.45, 2.75) is 19.8 Å². The molecule has 0 radical (unpaired) electrons. The lowest BCUT2D eigenvalue weighted by molar-refractivity contribution is 0.100. The Balaban J connectivity index is 1.48. The summed E-state index contributed by atoms with van der Waals surface area (Å²) in [5.41, 5.74) is 9.51. The number of ether oxygens (including phenoxy) is 1. The minimum absolute atomic E-state index is 0.0223. The molecule has 1 amide bonds. The zero-order valence-electron chi connectivity index (χ0n) is 21.3. The van der Waals surface area contributed by atoms with Gasteiger partial charge in [0.2, 0.25) is 5.95 Å². The van der Waals surface area contributed by atoms with E-state index in [4.69, 9.17) is 10.5 Å². The molecule has 5 rings (SSSR count). The number of H-pyrrole nitrogens is 1. The van der Waals surface area contributed by atoms with Crippen LogP contribution in [-0.4, -0.2) is 52.5 Å². The SMILES string of the molecule is CCCN1CCC=C(c2ccc(OC)c(Nc3nc(Nc4ccc(F)cc4C(N)=O)c4cc[nH]c4n3)c2)C1. The first kappa shape index (κ1) is 25.2. The average molecular weight is 516 g/mol. The lowest BCUT2D eigenvalue weighted by Gasteiger charge is -2.27. The van der Waals surface area contributed by atoms with Crippen molar-refractivity contribution in [1.82, 2.24) is 19.9 Å². The molecular formula is C28H30FN7O2. The lowest BCUT2D eigenvalue weighted by atomic mass is 10.00. The number of amides is 1. The van der Waals surface area contributed by atoms with E-state index in [1.54, 1.807) is 13.3 Å². The second kappa shape index (κ2) is 10.9. The van der Waals surface area contributed by atoms with Crippen LogP contribution in [0.25, 0.3) is 16.6 Å². The predicted molar refractivity (Wildman–Crippen MR) is 148 cm³/mol. The molecule has 0 unspecified atom stereocenters. The molecule has 0 saturated heterocycles. The van der Waals surface area contributed by atoms with Crippen LogP contribution < -0.4 is 21.1 Å². The summed E-state index contributed by atoms with van der Waals surface area (Å²) in [4.78, 5) is 26.8. The second-order valence-corrected chi connectivity index (χ2v) is 9.15. The maximum absolute atomic E-state index is 13.8. The zero-order valence-corrected chi connectivity index (χ0v) is 21.3. The smallest absolute Gasteiger partial charge is 0.250 e. The van der Waals surface area contributed by atoms with Crippen molar-refractivity contribution < 1.29 is 13.9 Å². The number of carbonyl (C=O) groups is 1. The highest BCUT2D eigenvalue weighted by atomic mass is 19.1. The molecule has 0 aliphatic carbocycles. The van der Waals surface area contributed by atoms with Gasteiger partial charge in [0, 0.05) is 19.3 Å². The topological polar surface area (TPSA) is 121 Å². The fraction of sp³-hybridized carbons (Fsp3) is 0.250. The van der Waals surface area contributed by atoms with Gasteiger partial charge in [-0.25, -0.2) is 4.39 Å². The molecule has 1 aliphatic heterocycles. The molecule has 5 N–H and O–H groups in total. The molecule has 38 heavy (non-hydrogen) atoms. The van der Waals surface area contributed by atoms with Gasteiger partial charge in [-0.3, -0.25) is 9.69 Å². The van der Waals surface area contributed by atoms with E-state index in [0.29, 0.717) is 34.2 Å². The van der Waals surface area contributed by atoms with Gasteiger partial charge in [-0.2, -0.15) is 9.97 Å². The standard InChI is InChI=1S/C28H30FN7O2/c1-3-12-36-13-4-5-18(16-36)17-6-9-24(38-2)23(14-17)33-28-34-26-20(10-11-31-26)27(35-28)32-22-8-7-19(29)15-21(22)25(30)37/h5-11,14-15H,3-4,12-13,16H2,1-2H3,(H2,30,37)(H3,31,32,33,34,35). The first-order valence-electron chi connectivity index (χ1n) is 12.5. The predicted octanol–water partition coefficient (Wildman–Crippen LogP) is 5.19. The van der Waals surface area contributed by atoms with E-state index >= 15 is 0 Å². The Bertz CT molecular complexity index is 1510. The molecule has 0 fully saturated rings. The number of anilines is 4. The molecule has 3 heterocycles. The van der Waals surface area contributed by atoms with Crippen LogP contribution >= 0.6 is 0 Å². The van der Waals surface area contributed by atoms with Gasteiger partial charge in [0.15, 0.2) is 0 Å². The Morgan fingerprint density at radius 1 is 1.16 bits per heavy atom. The van der Waals surface area contributed by atoms with E-state index < -0.39 is 11.7 Å². The number of rotatable bonds is 9. The number of hydrogen-bond donors (Lipinski definition) is 4. The quantitative estimate of drug-likeness (QED) is 0.242. The Hall–Kier alpha value is -4.44. The number of nitrogens with two attached hydrogens (primary N) is 1. The van der Waals surface area contributed by atoms with E-state index in [9.17, 15) is 9.18 Å². The van der Waals surface area contributed by atoms with Crippen molar-refractivity contribution in [2.24, 2.45) is 5.73 Å². The van der Waals surface area contributed by atoms with Crippen LogP contribution in [0, 0.1) is 5.82 Å². The number of hydrogen-bond acceptors (Lipinski definition) is 7. The summed E-state index contributed by atoms with van der Waals surface area (Å²) in [6.07, 6.45) is 6.17. The summed E-state index contributed by atoms with van der Waals surface area (Å²) in [6, 6.07) is 11.6. The van der Waals surface area contributed by atoms with Gasteiger partial charge >= 0.3 is 0 Å². The van der Waals surface area contributed by atoms with Crippen molar-refractivity contribution >= 4 is 45.7 Å². The number of fused-ring (bicyclic) bond motifs is 1. The van der Waals surface area contributed by atoms with Crippen molar-refractivity contribution in [3.8, 4) is 5.75 Å². The maximum Gasteiger partial charge on any atom is 0.250 e. The lowest BCUT2D eigenvalue weighted by Crippen LogP contribution is -2.30. The van der Waals surface area contributed by atoms with Crippen LogP contribution in [0.2, 0.25) is 0 Å². The Morgan fingerprint density at radius 2 is 2.03 bits per heavy atom. The summed E-state index contributed by atoms with van der Waals surface area (Å²) >= 11 is 0. The number of nitrogens with one attached hydrogen (secondary N) is 3. The maximum atomic E-state index is 13.8. The van der Waals surface area contributed by atoms with Crippen LogP contribution in [-0.2, 0) is 0 Å². The van der Waals surface area contributed by atoms with E-state index in [0.717, 1.165) is 49.8 Å². The third-order valence-corrected chi connectivity index (χ3v) is 6.50. The normalized spacial score (nSPS) is 13.8. The van der Waals surface area contributed by atoms with Gasteiger partial charge in [0.1, 0.15) is 23.0 Å². The summed E-state index contributed by atoms with van der Waals surface area (Å²) < 4.78 is 19.4. The fourth-order valence-corrected chi connectivity index (χ4v) is 4.70. The highest BCUT2D eigenvalue weighted by Crippen LogP contribution is 2.33. The Morgan fingerprint density at radius 3 is 2.82 bits per heavy atom. The summed E-state index contributed by atoms with van der Waals surface area (Å²) in [6.45, 7) is 5.24. The highest BCUT2D eigenvalue weighted by molar-refractivity contribution is 6.00. The molecule has 2 aromatic heterocycles. The van der Waals surface area contributed by atoms with E-state index in [2.05, 4.69) is 49.6 Å². The number of nitrogens with zero attached hydrogens (tertiary/aromatic N) is 3. The average Bonchev–Trinajstić information content (AvgIpc) is 3.39. The third kappa shape index (κ3) is 5.30. The number of carbonyl (C=O) groups excluding carboxylic acids is 1. The van der Waals surface area contributed by atoms with Crippen LogP contribution in [0.1, 0.15) is 35.7 Å². The Kier molecular flexibility index (Phi) is 7.23. The monoisotopic (exact) mass is 515 g/mol. The van der Waals surface area contributed by atoms with E-state index in [1.807, 2.05) is 18.2 Å². The van der Waals surface area contributed by atoms with Crippen LogP contribution in [0.15, 0.2) is 54.7 Å². The Labute approximate surface area is 219 Å². The summed E-state index contributed by atoms with van der Waals surface area (Å²) in [5.74, 6) is 0.0775. The molecule has 0 bridgehead atoms. The van der Waals surface area contributed by atoms with Gasteiger partial charge < -0.3 is 26.1 Å². The number of aromatic nitrogens is 3. The van der Waals surface area contributed by atoms with Gasteiger partial charge in [0.25, 0.3) is 5.91 Å². The van der Waals surface area contributed by atoms with E-state index in [1.165, 1.54) is 17.7 Å². The van der Waals surface area contributed by atoms with Crippen LogP contribution in [0.4, 0.5) is 27.5 Å². The summed E-state index contributed by atoms with van der Waals surface area (Å²) in [5, 5.41) is 7.11. The molecule has 196 valence electrons. The number of halogens is 1. The second-order valence-electron chi connectivity index (χ2n) is 9.15. The molecular weight excluding hydrogens is 485 g/mol. The molecule has 2 aromatic carbocycles. The largest absolute Gasteiger partial charge is 0.495 e. The fourth-order valence-electron chi connectivity index (χ4n) is 4.70.